The summed E-state index contributed by atoms with van der Waals surface area (Å²) in [6.45, 7) is 2.97. The van der Waals surface area contributed by atoms with Crippen molar-refractivity contribution < 1.29 is 13.9 Å². The van der Waals surface area contributed by atoms with Crippen molar-refractivity contribution in [3.63, 3.8) is 0 Å². The molecule has 1 aliphatic heterocycles. The third-order valence-corrected chi connectivity index (χ3v) is 2.93. The van der Waals surface area contributed by atoms with Crippen molar-refractivity contribution in [2.45, 2.75) is 31.9 Å². The summed E-state index contributed by atoms with van der Waals surface area (Å²) in [6.07, 6.45) is 2.10. The Morgan fingerprint density at radius 2 is 2.41 bits per heavy atom. The number of halogens is 1. The van der Waals surface area contributed by atoms with Crippen LogP contribution in [0.15, 0.2) is 18.2 Å². The molecule has 1 heterocycles. The molecule has 0 radical (unpaired) electrons. The highest BCUT2D eigenvalue weighted by Gasteiger charge is 2.19. The number of ether oxygens (including phenoxy) is 2. The standard InChI is InChI=1S/C13H18FNO2/c1-9(15)11-5-2-6-12(14)13(11)17-8-10-4-3-7-16-10/h2,5-6,9-10H,3-4,7-8,15H2,1H3. The highest BCUT2D eigenvalue weighted by molar-refractivity contribution is 5.36. The second-order valence-corrected chi connectivity index (χ2v) is 4.39. The van der Waals surface area contributed by atoms with Crippen LogP contribution in [-0.4, -0.2) is 19.3 Å². The van der Waals surface area contributed by atoms with E-state index in [-0.39, 0.29) is 23.7 Å². The SMILES string of the molecule is CC(N)c1cccc(F)c1OCC1CCCO1. The van der Waals surface area contributed by atoms with Gasteiger partial charge >= 0.3 is 0 Å². The number of rotatable bonds is 4. The Morgan fingerprint density at radius 3 is 3.06 bits per heavy atom. The third kappa shape index (κ3) is 2.96. The summed E-state index contributed by atoms with van der Waals surface area (Å²) in [5, 5.41) is 0. The van der Waals surface area contributed by atoms with Crippen molar-refractivity contribution in [1.82, 2.24) is 0 Å². The molecule has 2 atom stereocenters. The lowest BCUT2D eigenvalue weighted by molar-refractivity contribution is 0.0661. The summed E-state index contributed by atoms with van der Waals surface area (Å²) < 4.78 is 24.6. The Balaban J connectivity index is 2.07. The molecule has 94 valence electrons. The summed E-state index contributed by atoms with van der Waals surface area (Å²) in [5.41, 5.74) is 6.49. The fourth-order valence-electron chi connectivity index (χ4n) is 1.99. The second kappa shape index (κ2) is 5.47. The monoisotopic (exact) mass is 239 g/mol. The first-order valence-corrected chi connectivity index (χ1v) is 5.97. The van der Waals surface area contributed by atoms with Gasteiger partial charge in [-0.05, 0) is 25.8 Å². The first-order valence-electron chi connectivity index (χ1n) is 5.97. The fourth-order valence-corrected chi connectivity index (χ4v) is 1.99. The molecular formula is C13H18FNO2. The lowest BCUT2D eigenvalue weighted by Gasteiger charge is -2.16. The van der Waals surface area contributed by atoms with E-state index in [1.54, 1.807) is 12.1 Å². The molecule has 0 spiro atoms. The molecule has 1 fully saturated rings. The van der Waals surface area contributed by atoms with E-state index in [4.69, 9.17) is 15.2 Å². The van der Waals surface area contributed by atoms with Crippen molar-refractivity contribution in [3.05, 3.63) is 29.6 Å². The highest BCUT2D eigenvalue weighted by Crippen LogP contribution is 2.27. The Morgan fingerprint density at radius 1 is 1.59 bits per heavy atom. The van der Waals surface area contributed by atoms with E-state index < -0.39 is 0 Å². The second-order valence-electron chi connectivity index (χ2n) is 4.39. The van der Waals surface area contributed by atoms with Crippen LogP contribution in [0.5, 0.6) is 5.75 Å². The fraction of sp³-hybridized carbons (Fsp3) is 0.538. The van der Waals surface area contributed by atoms with Gasteiger partial charge in [0.1, 0.15) is 6.61 Å². The molecule has 0 amide bonds. The summed E-state index contributed by atoms with van der Waals surface area (Å²) >= 11 is 0. The Bertz CT molecular complexity index is 376. The molecule has 1 aromatic carbocycles. The van der Waals surface area contributed by atoms with Crippen LogP contribution in [-0.2, 0) is 4.74 Å². The molecule has 3 nitrogen and oxygen atoms in total. The Labute approximate surface area is 101 Å². The molecule has 0 aliphatic carbocycles. The minimum atomic E-state index is -0.363. The van der Waals surface area contributed by atoms with E-state index in [9.17, 15) is 4.39 Å². The largest absolute Gasteiger partial charge is 0.487 e. The highest BCUT2D eigenvalue weighted by atomic mass is 19.1. The number of hydrogen-bond donors (Lipinski definition) is 1. The topological polar surface area (TPSA) is 44.5 Å². The summed E-state index contributed by atoms with van der Waals surface area (Å²) in [4.78, 5) is 0. The van der Waals surface area contributed by atoms with Gasteiger partial charge in [-0.3, -0.25) is 0 Å². The minimum Gasteiger partial charge on any atom is -0.487 e. The van der Waals surface area contributed by atoms with Gasteiger partial charge in [0, 0.05) is 18.2 Å². The zero-order valence-electron chi connectivity index (χ0n) is 9.99. The van der Waals surface area contributed by atoms with Gasteiger partial charge in [-0.1, -0.05) is 12.1 Å². The smallest absolute Gasteiger partial charge is 0.165 e. The number of para-hydroxylation sites is 1. The lowest BCUT2D eigenvalue weighted by Crippen LogP contribution is -2.18. The molecular weight excluding hydrogens is 221 g/mol. The van der Waals surface area contributed by atoms with E-state index in [0.717, 1.165) is 19.4 Å². The first kappa shape index (κ1) is 12.3. The van der Waals surface area contributed by atoms with Crippen LogP contribution in [0.2, 0.25) is 0 Å². The number of hydrogen-bond acceptors (Lipinski definition) is 3. The predicted molar refractivity (Wildman–Crippen MR) is 63.5 cm³/mol. The van der Waals surface area contributed by atoms with Crippen LogP contribution in [0.25, 0.3) is 0 Å². The predicted octanol–water partition coefficient (Wildman–Crippen LogP) is 2.40. The maximum atomic E-state index is 13.7. The van der Waals surface area contributed by atoms with Crippen molar-refractivity contribution in [3.8, 4) is 5.75 Å². The van der Waals surface area contributed by atoms with Crippen LogP contribution in [0.1, 0.15) is 31.4 Å². The zero-order valence-corrected chi connectivity index (χ0v) is 9.99. The van der Waals surface area contributed by atoms with Gasteiger partial charge in [0.25, 0.3) is 0 Å². The average molecular weight is 239 g/mol. The molecule has 2 unspecified atom stereocenters. The van der Waals surface area contributed by atoms with Crippen molar-refractivity contribution in [2.24, 2.45) is 5.73 Å². The Kier molecular flexibility index (Phi) is 3.97. The van der Waals surface area contributed by atoms with Gasteiger partial charge in [0.2, 0.25) is 0 Å². The van der Waals surface area contributed by atoms with E-state index in [2.05, 4.69) is 0 Å². The molecule has 1 aromatic rings. The van der Waals surface area contributed by atoms with E-state index >= 15 is 0 Å². The molecule has 1 aliphatic rings. The molecule has 2 N–H and O–H groups in total. The average Bonchev–Trinajstić information content (AvgIpc) is 2.80. The van der Waals surface area contributed by atoms with Crippen LogP contribution in [0.4, 0.5) is 4.39 Å². The van der Waals surface area contributed by atoms with Gasteiger partial charge in [0.05, 0.1) is 6.10 Å². The maximum absolute atomic E-state index is 13.7. The van der Waals surface area contributed by atoms with Crippen LogP contribution >= 0.6 is 0 Å². The van der Waals surface area contributed by atoms with Crippen molar-refractivity contribution >= 4 is 0 Å². The van der Waals surface area contributed by atoms with E-state index in [1.165, 1.54) is 6.07 Å². The van der Waals surface area contributed by atoms with E-state index in [1.807, 2.05) is 6.92 Å². The van der Waals surface area contributed by atoms with Gasteiger partial charge in [-0.2, -0.15) is 0 Å². The molecule has 2 rings (SSSR count). The molecule has 0 aromatic heterocycles. The summed E-state index contributed by atoms with van der Waals surface area (Å²) in [5.74, 6) is -0.101. The van der Waals surface area contributed by atoms with Gasteiger partial charge in [0.15, 0.2) is 11.6 Å². The zero-order chi connectivity index (χ0) is 12.3. The summed E-state index contributed by atoms with van der Waals surface area (Å²) in [6, 6.07) is 4.58. The van der Waals surface area contributed by atoms with Crippen molar-refractivity contribution in [2.75, 3.05) is 13.2 Å². The maximum Gasteiger partial charge on any atom is 0.165 e. The van der Waals surface area contributed by atoms with E-state index in [0.29, 0.717) is 12.2 Å². The molecule has 17 heavy (non-hydrogen) atoms. The van der Waals surface area contributed by atoms with Crippen LogP contribution in [0.3, 0.4) is 0 Å². The first-order chi connectivity index (χ1) is 8.18. The molecule has 0 bridgehead atoms. The normalized spacial score (nSPS) is 21.5. The van der Waals surface area contributed by atoms with Gasteiger partial charge in [-0.15, -0.1) is 0 Å². The summed E-state index contributed by atoms with van der Waals surface area (Å²) in [7, 11) is 0. The number of benzene rings is 1. The molecule has 1 saturated heterocycles. The van der Waals surface area contributed by atoms with Crippen molar-refractivity contribution in [1.29, 1.82) is 0 Å². The van der Waals surface area contributed by atoms with Gasteiger partial charge in [-0.25, -0.2) is 4.39 Å². The lowest BCUT2D eigenvalue weighted by atomic mass is 10.1. The quantitative estimate of drug-likeness (QED) is 0.877. The minimum absolute atomic E-state index is 0.0792. The van der Waals surface area contributed by atoms with Gasteiger partial charge < -0.3 is 15.2 Å². The number of nitrogens with two attached hydrogens (primary N) is 1. The van der Waals surface area contributed by atoms with Crippen LogP contribution < -0.4 is 10.5 Å². The van der Waals surface area contributed by atoms with Crippen LogP contribution in [0, 0.1) is 5.82 Å². The molecule has 4 heteroatoms. The third-order valence-electron chi connectivity index (χ3n) is 2.93. The Hall–Kier alpha value is -1.13. The molecule has 0 saturated carbocycles.